The Morgan fingerprint density at radius 3 is 2.84 bits per heavy atom. The minimum atomic E-state index is -0.150. The molecule has 0 saturated carbocycles. The third kappa shape index (κ3) is 3.36. The number of amides is 1. The smallest absolute Gasteiger partial charge is 0.227 e. The van der Waals surface area contributed by atoms with Crippen molar-refractivity contribution in [3.8, 4) is 0 Å². The first kappa shape index (κ1) is 13.6. The Bertz CT molecular complexity index is 558. The highest BCUT2D eigenvalue weighted by molar-refractivity contribution is 7.15. The van der Waals surface area contributed by atoms with Crippen LogP contribution >= 0.6 is 11.3 Å². The molecule has 2 rings (SSSR count). The van der Waals surface area contributed by atoms with Crippen LogP contribution in [0.15, 0.2) is 4.52 Å². The van der Waals surface area contributed by atoms with Crippen molar-refractivity contribution in [1.82, 2.24) is 15.4 Å². The van der Waals surface area contributed by atoms with Crippen LogP contribution in [-0.2, 0) is 11.2 Å². The number of anilines is 1. The SMILES string of the molecule is Cc1noc(C)c1Cc1nnc(NC(=O)CCN)s1. The Morgan fingerprint density at radius 1 is 1.42 bits per heavy atom. The van der Waals surface area contributed by atoms with Crippen LogP contribution < -0.4 is 11.1 Å². The van der Waals surface area contributed by atoms with Gasteiger partial charge in [0, 0.05) is 24.9 Å². The summed E-state index contributed by atoms with van der Waals surface area (Å²) < 4.78 is 5.09. The molecule has 19 heavy (non-hydrogen) atoms. The van der Waals surface area contributed by atoms with Gasteiger partial charge in [-0.3, -0.25) is 4.79 Å². The second kappa shape index (κ2) is 5.89. The van der Waals surface area contributed by atoms with Gasteiger partial charge < -0.3 is 15.6 Å². The molecule has 7 nitrogen and oxygen atoms in total. The van der Waals surface area contributed by atoms with E-state index in [2.05, 4.69) is 20.7 Å². The molecule has 0 aliphatic heterocycles. The summed E-state index contributed by atoms with van der Waals surface area (Å²) in [5.41, 5.74) is 7.16. The average molecular weight is 281 g/mol. The second-order valence-electron chi connectivity index (χ2n) is 4.07. The third-order valence-electron chi connectivity index (χ3n) is 2.59. The lowest BCUT2D eigenvalue weighted by molar-refractivity contribution is -0.116. The van der Waals surface area contributed by atoms with E-state index in [1.807, 2.05) is 13.8 Å². The van der Waals surface area contributed by atoms with E-state index >= 15 is 0 Å². The minimum absolute atomic E-state index is 0.150. The average Bonchev–Trinajstić information content (AvgIpc) is 2.91. The number of rotatable bonds is 5. The Morgan fingerprint density at radius 2 is 2.21 bits per heavy atom. The first-order chi connectivity index (χ1) is 9.10. The second-order valence-corrected chi connectivity index (χ2v) is 5.13. The first-order valence-corrected chi connectivity index (χ1v) is 6.66. The molecule has 0 saturated heterocycles. The van der Waals surface area contributed by atoms with Crippen LogP contribution in [0.2, 0.25) is 0 Å². The van der Waals surface area contributed by atoms with Crippen molar-refractivity contribution in [1.29, 1.82) is 0 Å². The Kier molecular flexibility index (Phi) is 4.23. The number of hydrogen-bond donors (Lipinski definition) is 2. The van der Waals surface area contributed by atoms with Crippen LogP contribution in [0.4, 0.5) is 5.13 Å². The van der Waals surface area contributed by atoms with Crippen LogP contribution in [0.3, 0.4) is 0 Å². The van der Waals surface area contributed by atoms with Crippen molar-refractivity contribution >= 4 is 22.4 Å². The Hall–Kier alpha value is -1.80. The quantitative estimate of drug-likeness (QED) is 0.847. The van der Waals surface area contributed by atoms with Gasteiger partial charge in [0.05, 0.1) is 5.69 Å². The molecule has 0 unspecified atom stereocenters. The number of carbonyl (C=O) groups excluding carboxylic acids is 1. The van der Waals surface area contributed by atoms with Crippen LogP contribution in [0.25, 0.3) is 0 Å². The standard InChI is InChI=1S/C11H15N5O2S/c1-6-8(7(2)18-16-6)5-10-14-15-11(19-10)13-9(17)3-4-12/h3-5,12H2,1-2H3,(H,13,15,17). The summed E-state index contributed by atoms with van der Waals surface area (Å²) in [6.07, 6.45) is 0.879. The molecule has 2 aromatic rings. The van der Waals surface area contributed by atoms with Crippen molar-refractivity contribution < 1.29 is 9.32 Å². The zero-order valence-electron chi connectivity index (χ0n) is 10.8. The molecule has 0 aliphatic rings. The number of hydrogen-bond acceptors (Lipinski definition) is 7. The predicted molar refractivity (Wildman–Crippen MR) is 71.0 cm³/mol. The molecule has 2 heterocycles. The van der Waals surface area contributed by atoms with Crippen LogP contribution in [0.5, 0.6) is 0 Å². The fourth-order valence-corrected chi connectivity index (χ4v) is 2.36. The number of aryl methyl sites for hydroxylation is 2. The van der Waals surface area contributed by atoms with Gasteiger partial charge in [0.2, 0.25) is 11.0 Å². The van der Waals surface area contributed by atoms with Crippen LogP contribution in [0.1, 0.15) is 28.4 Å². The summed E-state index contributed by atoms with van der Waals surface area (Å²) in [5, 5.41) is 15.8. The van der Waals surface area contributed by atoms with Gasteiger partial charge in [0.1, 0.15) is 10.8 Å². The maximum absolute atomic E-state index is 11.4. The first-order valence-electron chi connectivity index (χ1n) is 5.84. The van der Waals surface area contributed by atoms with Crippen molar-refractivity contribution in [2.45, 2.75) is 26.7 Å². The summed E-state index contributed by atoms with van der Waals surface area (Å²) in [5.74, 6) is 0.629. The van der Waals surface area contributed by atoms with Gasteiger partial charge in [-0.15, -0.1) is 10.2 Å². The highest BCUT2D eigenvalue weighted by atomic mass is 32.1. The van der Waals surface area contributed by atoms with Gasteiger partial charge >= 0.3 is 0 Å². The van der Waals surface area contributed by atoms with Crippen molar-refractivity contribution in [2.75, 3.05) is 11.9 Å². The Balaban J connectivity index is 2.03. The fourth-order valence-electron chi connectivity index (χ4n) is 1.59. The van der Waals surface area contributed by atoms with E-state index in [0.717, 1.165) is 22.0 Å². The summed E-state index contributed by atoms with van der Waals surface area (Å²) in [6.45, 7) is 4.06. The maximum Gasteiger partial charge on any atom is 0.227 e. The molecule has 8 heteroatoms. The predicted octanol–water partition coefficient (Wildman–Crippen LogP) is 1.02. The zero-order chi connectivity index (χ0) is 13.8. The summed E-state index contributed by atoms with van der Waals surface area (Å²) in [4.78, 5) is 11.4. The highest BCUT2D eigenvalue weighted by Crippen LogP contribution is 2.22. The van der Waals surface area contributed by atoms with Gasteiger partial charge in [0.25, 0.3) is 0 Å². The normalized spacial score (nSPS) is 10.7. The van der Waals surface area contributed by atoms with Crippen molar-refractivity contribution in [3.05, 3.63) is 22.0 Å². The molecule has 3 N–H and O–H groups in total. The monoisotopic (exact) mass is 281 g/mol. The molecule has 1 amide bonds. The minimum Gasteiger partial charge on any atom is -0.361 e. The number of nitrogens with one attached hydrogen (secondary N) is 1. The molecule has 0 spiro atoms. The molecule has 0 bridgehead atoms. The molecule has 0 atom stereocenters. The van der Waals surface area contributed by atoms with E-state index in [1.54, 1.807) is 0 Å². The third-order valence-corrected chi connectivity index (χ3v) is 3.43. The van der Waals surface area contributed by atoms with Crippen LogP contribution in [0, 0.1) is 13.8 Å². The number of nitrogens with two attached hydrogens (primary N) is 1. The topological polar surface area (TPSA) is 107 Å². The van der Waals surface area contributed by atoms with Crippen LogP contribution in [-0.4, -0.2) is 27.8 Å². The molecule has 0 aliphatic carbocycles. The molecule has 102 valence electrons. The summed E-state index contributed by atoms with van der Waals surface area (Å²) in [7, 11) is 0. The van der Waals surface area contributed by atoms with Gasteiger partial charge in [-0.25, -0.2) is 0 Å². The van der Waals surface area contributed by atoms with Crippen molar-refractivity contribution in [2.24, 2.45) is 5.73 Å². The number of nitrogens with zero attached hydrogens (tertiary/aromatic N) is 3. The maximum atomic E-state index is 11.4. The van der Waals surface area contributed by atoms with Crippen molar-refractivity contribution in [3.63, 3.8) is 0 Å². The lowest BCUT2D eigenvalue weighted by atomic mass is 10.1. The molecular weight excluding hydrogens is 266 g/mol. The lowest BCUT2D eigenvalue weighted by Crippen LogP contribution is -2.15. The zero-order valence-corrected chi connectivity index (χ0v) is 11.6. The molecule has 2 aromatic heterocycles. The van der Waals surface area contributed by atoms with E-state index in [4.69, 9.17) is 10.3 Å². The Labute approximate surface area is 114 Å². The number of carbonyl (C=O) groups is 1. The molecule has 0 fully saturated rings. The lowest BCUT2D eigenvalue weighted by Gasteiger charge is -1.97. The van der Waals surface area contributed by atoms with E-state index < -0.39 is 0 Å². The summed E-state index contributed by atoms with van der Waals surface area (Å²) in [6, 6.07) is 0. The molecule has 0 aromatic carbocycles. The fraction of sp³-hybridized carbons (Fsp3) is 0.455. The van der Waals surface area contributed by atoms with Gasteiger partial charge in [-0.2, -0.15) is 0 Å². The van der Waals surface area contributed by atoms with Gasteiger partial charge in [-0.1, -0.05) is 16.5 Å². The highest BCUT2D eigenvalue weighted by Gasteiger charge is 2.13. The van der Waals surface area contributed by atoms with E-state index in [9.17, 15) is 4.79 Å². The van der Waals surface area contributed by atoms with Gasteiger partial charge in [-0.05, 0) is 13.8 Å². The van der Waals surface area contributed by atoms with E-state index in [-0.39, 0.29) is 12.3 Å². The largest absolute Gasteiger partial charge is 0.361 e. The summed E-state index contributed by atoms with van der Waals surface area (Å²) >= 11 is 1.34. The molecular formula is C11H15N5O2S. The number of aromatic nitrogens is 3. The van der Waals surface area contributed by atoms with E-state index in [0.29, 0.717) is 18.1 Å². The van der Waals surface area contributed by atoms with Gasteiger partial charge in [0.15, 0.2) is 0 Å². The molecule has 0 radical (unpaired) electrons. The van der Waals surface area contributed by atoms with E-state index in [1.165, 1.54) is 11.3 Å².